The molecule has 14 heteroatoms. The van der Waals surface area contributed by atoms with Crippen molar-refractivity contribution in [2.24, 2.45) is 10.3 Å². The molecule has 0 saturated heterocycles. The molecule has 0 saturated carbocycles. The zero-order valence-electron chi connectivity index (χ0n) is 12.4. The van der Waals surface area contributed by atoms with Crippen molar-refractivity contribution in [2.45, 2.75) is 6.54 Å². The fourth-order valence-electron chi connectivity index (χ4n) is 1.77. The average molecular weight is 346 g/mol. The van der Waals surface area contributed by atoms with Gasteiger partial charge in [0.25, 0.3) is 11.5 Å². The minimum Gasteiger partial charge on any atom is -0.378 e. The lowest BCUT2D eigenvalue weighted by molar-refractivity contribution is -0.384. The van der Waals surface area contributed by atoms with Gasteiger partial charge < -0.3 is 11.5 Å². The average Bonchev–Trinajstić information content (AvgIpc) is 3.20. The first kappa shape index (κ1) is 15.8. The normalized spacial score (nSPS) is 11.0. The minimum atomic E-state index is -0.499. The molecule has 3 rings (SSSR count). The van der Waals surface area contributed by atoms with Crippen molar-refractivity contribution >= 4 is 29.0 Å². The number of hydrogen-bond acceptors (Lipinski definition) is 12. The summed E-state index contributed by atoms with van der Waals surface area (Å²) in [5.74, 6) is -0.0155. The molecule has 1 aromatic carbocycles. The largest absolute Gasteiger partial charge is 0.378 e. The summed E-state index contributed by atoms with van der Waals surface area (Å²) in [6.45, 7) is 0.116. The van der Waals surface area contributed by atoms with Gasteiger partial charge in [-0.1, -0.05) is 17.4 Å². The van der Waals surface area contributed by atoms with Gasteiger partial charge in [0.2, 0.25) is 17.5 Å². The molecule has 0 spiro atoms. The van der Waals surface area contributed by atoms with Gasteiger partial charge in [-0.15, -0.1) is 5.11 Å². The second-order valence-corrected chi connectivity index (χ2v) is 4.62. The van der Waals surface area contributed by atoms with Crippen LogP contribution in [0.4, 0.5) is 29.0 Å². The van der Waals surface area contributed by atoms with Crippen LogP contribution in [0, 0.1) is 10.1 Å². The van der Waals surface area contributed by atoms with Gasteiger partial charge in [0.1, 0.15) is 0 Å². The van der Waals surface area contributed by atoms with Crippen LogP contribution in [0.3, 0.4) is 0 Å². The SMILES string of the molecule is Nc1nonc1N=NN(Cc1ccc([N+](=O)[O-])cc1)c1nonc1N. The van der Waals surface area contributed by atoms with Crippen LogP contribution in [0.15, 0.2) is 43.9 Å². The Kier molecular flexibility index (Phi) is 4.15. The molecular weight excluding hydrogens is 336 g/mol. The van der Waals surface area contributed by atoms with Crippen LogP contribution in [0.1, 0.15) is 5.56 Å². The van der Waals surface area contributed by atoms with E-state index in [1.54, 1.807) is 12.1 Å². The number of nitrogen functional groups attached to an aromatic ring is 2. The number of nitrogens with zero attached hydrogens (tertiary/aromatic N) is 8. The fraction of sp³-hybridized carbons (Fsp3) is 0.0909. The molecule has 2 aromatic heterocycles. The quantitative estimate of drug-likeness (QED) is 0.369. The van der Waals surface area contributed by atoms with E-state index < -0.39 is 4.92 Å². The number of hydrogen-bond donors (Lipinski definition) is 2. The fourth-order valence-corrected chi connectivity index (χ4v) is 1.77. The Balaban J connectivity index is 1.86. The van der Waals surface area contributed by atoms with E-state index in [2.05, 4.69) is 40.2 Å². The van der Waals surface area contributed by atoms with Gasteiger partial charge in [-0.3, -0.25) is 10.1 Å². The third-order valence-electron chi connectivity index (χ3n) is 2.96. The second kappa shape index (κ2) is 6.57. The highest BCUT2D eigenvalue weighted by Crippen LogP contribution is 2.24. The topological polar surface area (TPSA) is 201 Å². The molecule has 0 aliphatic rings. The van der Waals surface area contributed by atoms with Gasteiger partial charge in [-0.2, -0.15) is 0 Å². The van der Waals surface area contributed by atoms with E-state index in [1.165, 1.54) is 17.1 Å². The number of aromatic nitrogens is 4. The Bertz CT molecular complexity index is 902. The van der Waals surface area contributed by atoms with Crippen LogP contribution < -0.4 is 16.5 Å². The predicted octanol–water partition coefficient (Wildman–Crippen LogP) is 1.23. The van der Waals surface area contributed by atoms with Crippen molar-refractivity contribution in [2.75, 3.05) is 16.5 Å². The van der Waals surface area contributed by atoms with Crippen LogP contribution in [-0.2, 0) is 6.54 Å². The summed E-state index contributed by atoms with van der Waals surface area (Å²) in [7, 11) is 0. The monoisotopic (exact) mass is 346 g/mol. The van der Waals surface area contributed by atoms with Crippen LogP contribution >= 0.6 is 0 Å². The Morgan fingerprint density at radius 3 is 2.32 bits per heavy atom. The molecule has 128 valence electrons. The smallest absolute Gasteiger partial charge is 0.269 e. The van der Waals surface area contributed by atoms with E-state index in [-0.39, 0.29) is 35.5 Å². The van der Waals surface area contributed by atoms with Crippen LogP contribution in [-0.4, -0.2) is 25.5 Å². The van der Waals surface area contributed by atoms with Crippen LogP contribution in [0.2, 0.25) is 0 Å². The highest BCUT2D eigenvalue weighted by molar-refractivity contribution is 5.56. The molecule has 2 heterocycles. The summed E-state index contributed by atoms with van der Waals surface area (Å²) in [5.41, 5.74) is 11.8. The Labute approximate surface area is 138 Å². The summed E-state index contributed by atoms with van der Waals surface area (Å²) < 4.78 is 8.96. The lowest BCUT2D eigenvalue weighted by Crippen LogP contribution is -2.16. The maximum Gasteiger partial charge on any atom is 0.269 e. The number of nitro groups is 1. The van der Waals surface area contributed by atoms with Gasteiger partial charge >= 0.3 is 0 Å². The number of benzene rings is 1. The molecule has 0 aliphatic carbocycles. The van der Waals surface area contributed by atoms with E-state index in [1.807, 2.05) is 0 Å². The lowest BCUT2D eigenvalue weighted by Gasteiger charge is -2.13. The minimum absolute atomic E-state index is 0.0212. The highest BCUT2D eigenvalue weighted by atomic mass is 16.6. The third-order valence-corrected chi connectivity index (χ3v) is 2.96. The van der Waals surface area contributed by atoms with Crippen LogP contribution in [0.25, 0.3) is 0 Å². The first-order chi connectivity index (χ1) is 12.0. The van der Waals surface area contributed by atoms with E-state index in [0.29, 0.717) is 5.56 Å². The molecule has 0 unspecified atom stereocenters. The van der Waals surface area contributed by atoms with Gasteiger partial charge in [-0.05, 0) is 26.2 Å². The maximum atomic E-state index is 10.7. The first-order valence-electron chi connectivity index (χ1n) is 6.63. The number of non-ortho nitro benzene ring substituents is 1. The number of nitrogens with two attached hydrogens (primary N) is 2. The number of rotatable bonds is 6. The summed E-state index contributed by atoms with van der Waals surface area (Å²) >= 11 is 0. The second-order valence-electron chi connectivity index (χ2n) is 4.62. The maximum absolute atomic E-state index is 10.7. The molecule has 0 radical (unpaired) electrons. The van der Waals surface area contributed by atoms with E-state index in [0.717, 1.165) is 0 Å². The molecule has 14 nitrogen and oxygen atoms in total. The van der Waals surface area contributed by atoms with Gasteiger partial charge in [0.15, 0.2) is 0 Å². The Morgan fingerprint density at radius 1 is 1.08 bits per heavy atom. The van der Waals surface area contributed by atoms with Gasteiger partial charge in [0.05, 0.1) is 11.5 Å². The standard InChI is InChI=1S/C11H10N10O4/c12-8-10(17-24-15-8)14-19-20(11-9(13)16-25-18-11)5-6-1-3-7(4-2-6)21(22)23/h1-4H,5H2,(H2,12,15)(H2,13,16). The van der Waals surface area contributed by atoms with E-state index in [9.17, 15) is 10.1 Å². The van der Waals surface area contributed by atoms with Crippen molar-refractivity contribution in [3.63, 3.8) is 0 Å². The summed E-state index contributed by atoms with van der Waals surface area (Å²) in [6.07, 6.45) is 0. The first-order valence-corrected chi connectivity index (χ1v) is 6.63. The summed E-state index contributed by atoms with van der Waals surface area (Å²) in [4.78, 5) is 10.2. The predicted molar refractivity (Wildman–Crippen MR) is 81.2 cm³/mol. The number of anilines is 3. The third kappa shape index (κ3) is 3.46. The molecule has 0 fully saturated rings. The molecule has 0 bridgehead atoms. The Hall–Kier alpha value is -4.10. The molecule has 3 aromatic rings. The summed E-state index contributed by atoms with van der Waals surface area (Å²) in [5, 5.41) is 33.6. The van der Waals surface area contributed by atoms with Crippen molar-refractivity contribution in [3.8, 4) is 0 Å². The molecule has 0 atom stereocenters. The van der Waals surface area contributed by atoms with E-state index in [4.69, 9.17) is 11.5 Å². The zero-order chi connectivity index (χ0) is 17.8. The zero-order valence-corrected chi connectivity index (χ0v) is 12.4. The molecular formula is C11H10N10O4. The van der Waals surface area contributed by atoms with Crippen molar-refractivity contribution in [1.82, 2.24) is 20.6 Å². The Morgan fingerprint density at radius 2 is 1.76 bits per heavy atom. The van der Waals surface area contributed by atoms with Gasteiger partial charge in [0, 0.05) is 12.1 Å². The molecule has 25 heavy (non-hydrogen) atoms. The molecule has 4 N–H and O–H groups in total. The van der Waals surface area contributed by atoms with Crippen molar-refractivity contribution < 1.29 is 14.2 Å². The molecule has 0 aliphatic heterocycles. The van der Waals surface area contributed by atoms with Crippen molar-refractivity contribution in [3.05, 3.63) is 39.9 Å². The van der Waals surface area contributed by atoms with E-state index >= 15 is 0 Å². The van der Waals surface area contributed by atoms with Gasteiger partial charge in [-0.25, -0.2) is 14.3 Å². The number of nitro benzene ring substituents is 1. The molecule has 0 amide bonds. The summed E-state index contributed by atoms with van der Waals surface area (Å²) in [6, 6.07) is 5.82. The highest BCUT2D eigenvalue weighted by Gasteiger charge is 2.17. The van der Waals surface area contributed by atoms with Crippen LogP contribution in [0.5, 0.6) is 0 Å². The van der Waals surface area contributed by atoms with Crippen molar-refractivity contribution in [1.29, 1.82) is 0 Å². The lowest BCUT2D eigenvalue weighted by atomic mass is 10.2.